The number of hydrogen-bond acceptors (Lipinski definition) is 3. The number of hydrogen-bond donors (Lipinski definition) is 1. The van der Waals surface area contributed by atoms with Gasteiger partial charge in [0.2, 0.25) is 5.91 Å². The van der Waals surface area contributed by atoms with E-state index in [2.05, 4.69) is 5.32 Å². The molecule has 4 nitrogen and oxygen atoms in total. The van der Waals surface area contributed by atoms with Gasteiger partial charge in [0.1, 0.15) is 5.76 Å². The molecule has 1 aromatic heterocycles. The SMILES string of the molecule is CCO[C@@H]1C[C@H](NC(=O)CCc2ccco2)C12CCC2. The molecule has 0 bridgehead atoms. The third kappa shape index (κ3) is 2.37. The lowest BCUT2D eigenvalue weighted by molar-refractivity contribution is -0.175. The Bertz CT molecular complexity index is 450. The molecule has 1 heterocycles. The molecule has 2 aliphatic carbocycles. The van der Waals surface area contributed by atoms with Crippen LogP contribution in [0.15, 0.2) is 22.8 Å². The Kier molecular flexibility index (Phi) is 3.83. The maximum absolute atomic E-state index is 12.0. The second kappa shape index (κ2) is 5.60. The lowest BCUT2D eigenvalue weighted by Gasteiger charge is -2.61. The van der Waals surface area contributed by atoms with Crippen LogP contribution >= 0.6 is 0 Å². The molecule has 2 fully saturated rings. The van der Waals surface area contributed by atoms with E-state index in [0.717, 1.165) is 18.8 Å². The number of amides is 1. The van der Waals surface area contributed by atoms with Gasteiger partial charge in [0.15, 0.2) is 0 Å². The topological polar surface area (TPSA) is 51.5 Å². The number of furan rings is 1. The fourth-order valence-electron chi connectivity index (χ4n) is 3.60. The summed E-state index contributed by atoms with van der Waals surface area (Å²) < 4.78 is 11.1. The number of rotatable bonds is 6. The van der Waals surface area contributed by atoms with E-state index < -0.39 is 0 Å². The van der Waals surface area contributed by atoms with Gasteiger partial charge in [0.25, 0.3) is 0 Å². The monoisotopic (exact) mass is 277 g/mol. The van der Waals surface area contributed by atoms with Crippen molar-refractivity contribution in [1.29, 1.82) is 0 Å². The van der Waals surface area contributed by atoms with Crippen LogP contribution in [0.4, 0.5) is 0 Å². The summed E-state index contributed by atoms with van der Waals surface area (Å²) >= 11 is 0. The average molecular weight is 277 g/mol. The molecule has 3 rings (SSSR count). The molecule has 20 heavy (non-hydrogen) atoms. The van der Waals surface area contributed by atoms with E-state index in [1.165, 1.54) is 19.3 Å². The Morgan fingerprint density at radius 3 is 3.00 bits per heavy atom. The first-order valence-corrected chi connectivity index (χ1v) is 7.68. The number of carbonyl (C=O) groups excluding carboxylic acids is 1. The summed E-state index contributed by atoms with van der Waals surface area (Å²) in [5.74, 6) is 1.01. The zero-order valence-corrected chi connectivity index (χ0v) is 12.1. The zero-order chi connectivity index (χ0) is 14.0. The molecule has 2 aliphatic rings. The Labute approximate surface area is 119 Å². The maximum Gasteiger partial charge on any atom is 0.220 e. The van der Waals surface area contributed by atoms with Crippen LogP contribution in [-0.4, -0.2) is 24.7 Å². The van der Waals surface area contributed by atoms with E-state index in [1.54, 1.807) is 6.26 Å². The molecular formula is C16H23NO3. The van der Waals surface area contributed by atoms with Crippen LogP contribution in [-0.2, 0) is 16.0 Å². The highest BCUT2D eigenvalue weighted by molar-refractivity contribution is 5.76. The molecule has 4 heteroatoms. The van der Waals surface area contributed by atoms with E-state index >= 15 is 0 Å². The summed E-state index contributed by atoms with van der Waals surface area (Å²) in [4.78, 5) is 12.0. The van der Waals surface area contributed by atoms with Crippen molar-refractivity contribution in [2.45, 2.75) is 57.6 Å². The van der Waals surface area contributed by atoms with Gasteiger partial charge in [-0.2, -0.15) is 0 Å². The van der Waals surface area contributed by atoms with Crippen LogP contribution in [0.25, 0.3) is 0 Å². The minimum absolute atomic E-state index is 0.132. The zero-order valence-electron chi connectivity index (χ0n) is 12.1. The van der Waals surface area contributed by atoms with Crippen LogP contribution in [0.5, 0.6) is 0 Å². The third-order valence-corrected chi connectivity index (χ3v) is 4.95. The van der Waals surface area contributed by atoms with E-state index in [4.69, 9.17) is 9.15 Å². The van der Waals surface area contributed by atoms with E-state index in [1.807, 2.05) is 19.1 Å². The molecule has 110 valence electrons. The average Bonchev–Trinajstić information content (AvgIpc) is 2.86. The van der Waals surface area contributed by atoms with Gasteiger partial charge in [-0.1, -0.05) is 6.42 Å². The van der Waals surface area contributed by atoms with Gasteiger partial charge in [-0.05, 0) is 38.3 Å². The van der Waals surface area contributed by atoms with Gasteiger partial charge in [0.05, 0.1) is 12.4 Å². The van der Waals surface area contributed by atoms with Gasteiger partial charge >= 0.3 is 0 Å². The lowest BCUT2D eigenvalue weighted by Crippen LogP contribution is -2.67. The summed E-state index contributed by atoms with van der Waals surface area (Å²) in [6.07, 6.45) is 7.81. The predicted molar refractivity (Wildman–Crippen MR) is 75.3 cm³/mol. The first kappa shape index (κ1) is 13.7. The summed E-state index contributed by atoms with van der Waals surface area (Å²) in [5, 5.41) is 3.20. The van der Waals surface area contributed by atoms with Crippen molar-refractivity contribution in [3.63, 3.8) is 0 Å². The highest BCUT2D eigenvalue weighted by Gasteiger charge is 2.59. The quantitative estimate of drug-likeness (QED) is 0.869. The molecule has 1 amide bonds. The van der Waals surface area contributed by atoms with Gasteiger partial charge in [-0.25, -0.2) is 0 Å². The fraction of sp³-hybridized carbons (Fsp3) is 0.688. The van der Waals surface area contributed by atoms with Crippen LogP contribution < -0.4 is 5.32 Å². The number of ether oxygens (including phenoxy) is 1. The third-order valence-electron chi connectivity index (χ3n) is 4.95. The smallest absolute Gasteiger partial charge is 0.220 e. The highest BCUT2D eigenvalue weighted by atomic mass is 16.5. The van der Waals surface area contributed by atoms with Gasteiger partial charge < -0.3 is 14.5 Å². The summed E-state index contributed by atoms with van der Waals surface area (Å²) in [6.45, 7) is 2.81. The van der Waals surface area contributed by atoms with Crippen molar-refractivity contribution in [2.24, 2.45) is 5.41 Å². The standard InChI is InChI=1S/C16H23NO3/c1-2-19-14-11-13(16(14)8-4-9-16)17-15(18)7-6-12-5-3-10-20-12/h3,5,10,13-14H,2,4,6-9,11H2,1H3,(H,17,18)/t13-,14+/m0/s1. The van der Waals surface area contributed by atoms with E-state index in [0.29, 0.717) is 25.0 Å². The molecule has 1 spiro atoms. The summed E-state index contributed by atoms with van der Waals surface area (Å²) in [5.41, 5.74) is 0.246. The fourth-order valence-corrected chi connectivity index (χ4v) is 3.60. The van der Waals surface area contributed by atoms with Gasteiger partial charge in [0, 0.05) is 30.9 Å². The molecule has 0 aromatic carbocycles. The Morgan fingerprint density at radius 1 is 1.55 bits per heavy atom. The van der Waals surface area contributed by atoms with Crippen molar-refractivity contribution in [3.05, 3.63) is 24.2 Å². The van der Waals surface area contributed by atoms with Gasteiger partial charge in [-0.3, -0.25) is 4.79 Å². The second-order valence-corrected chi connectivity index (χ2v) is 5.97. The van der Waals surface area contributed by atoms with Crippen LogP contribution in [0, 0.1) is 5.41 Å². The van der Waals surface area contributed by atoms with Crippen molar-refractivity contribution in [2.75, 3.05) is 6.61 Å². The highest BCUT2D eigenvalue weighted by Crippen LogP contribution is 2.57. The molecule has 0 radical (unpaired) electrons. The summed E-state index contributed by atoms with van der Waals surface area (Å²) in [6, 6.07) is 4.08. The minimum Gasteiger partial charge on any atom is -0.469 e. The van der Waals surface area contributed by atoms with Crippen LogP contribution in [0.3, 0.4) is 0 Å². The molecule has 2 saturated carbocycles. The molecule has 0 unspecified atom stereocenters. The molecule has 2 atom stereocenters. The first-order valence-electron chi connectivity index (χ1n) is 7.68. The largest absolute Gasteiger partial charge is 0.469 e. The van der Waals surface area contributed by atoms with Crippen molar-refractivity contribution >= 4 is 5.91 Å². The van der Waals surface area contributed by atoms with E-state index in [-0.39, 0.29) is 11.3 Å². The number of nitrogens with one attached hydrogen (secondary N) is 1. The van der Waals surface area contributed by atoms with Gasteiger partial charge in [-0.15, -0.1) is 0 Å². The molecule has 1 aromatic rings. The Hall–Kier alpha value is -1.29. The van der Waals surface area contributed by atoms with Crippen LogP contribution in [0.1, 0.15) is 44.8 Å². The second-order valence-electron chi connectivity index (χ2n) is 5.97. The summed E-state index contributed by atoms with van der Waals surface area (Å²) in [7, 11) is 0. The molecule has 0 saturated heterocycles. The molecular weight excluding hydrogens is 254 g/mol. The Balaban J connectivity index is 1.47. The lowest BCUT2D eigenvalue weighted by atomic mass is 9.51. The van der Waals surface area contributed by atoms with Crippen molar-refractivity contribution < 1.29 is 13.9 Å². The van der Waals surface area contributed by atoms with Crippen LogP contribution in [0.2, 0.25) is 0 Å². The normalized spacial score (nSPS) is 26.9. The first-order chi connectivity index (χ1) is 9.74. The Morgan fingerprint density at radius 2 is 2.40 bits per heavy atom. The molecule has 0 aliphatic heterocycles. The maximum atomic E-state index is 12.0. The number of aryl methyl sites for hydroxylation is 1. The predicted octanol–water partition coefficient (Wildman–Crippen LogP) is 2.68. The van der Waals surface area contributed by atoms with E-state index in [9.17, 15) is 4.79 Å². The minimum atomic E-state index is 0.132. The van der Waals surface area contributed by atoms with Crippen molar-refractivity contribution in [3.8, 4) is 0 Å². The molecule has 1 N–H and O–H groups in total. The van der Waals surface area contributed by atoms with Crippen molar-refractivity contribution in [1.82, 2.24) is 5.32 Å². The number of carbonyl (C=O) groups is 1.